The summed E-state index contributed by atoms with van der Waals surface area (Å²) >= 11 is 0. The molecular weight excluding hydrogens is 388 g/mol. The SMILES string of the molecule is C=CCNC(=O)[C@@H](C)Oc1ccc2c(c1)[C@H](c1cccc(C)c1)N(C(=O)C1CC1)CC2. The van der Waals surface area contributed by atoms with Crippen LogP contribution in [0.25, 0.3) is 0 Å². The Balaban J connectivity index is 1.66. The molecule has 2 aromatic rings. The monoisotopic (exact) mass is 418 g/mol. The average Bonchev–Trinajstić information content (AvgIpc) is 3.61. The summed E-state index contributed by atoms with van der Waals surface area (Å²) in [5.41, 5.74) is 4.59. The van der Waals surface area contributed by atoms with Gasteiger partial charge < -0.3 is 15.0 Å². The van der Waals surface area contributed by atoms with Crippen molar-refractivity contribution in [2.75, 3.05) is 13.1 Å². The van der Waals surface area contributed by atoms with Crippen molar-refractivity contribution in [3.8, 4) is 5.75 Å². The lowest BCUT2D eigenvalue weighted by Gasteiger charge is -2.38. The first-order valence-electron chi connectivity index (χ1n) is 11.0. The predicted octanol–water partition coefficient (Wildman–Crippen LogP) is 3.95. The fourth-order valence-electron chi connectivity index (χ4n) is 4.24. The second-order valence-corrected chi connectivity index (χ2v) is 8.53. The Labute approximate surface area is 184 Å². The second-order valence-electron chi connectivity index (χ2n) is 8.53. The maximum Gasteiger partial charge on any atom is 0.261 e. The van der Waals surface area contributed by atoms with Crippen molar-refractivity contribution in [2.24, 2.45) is 5.92 Å². The molecule has 31 heavy (non-hydrogen) atoms. The van der Waals surface area contributed by atoms with E-state index in [9.17, 15) is 9.59 Å². The van der Waals surface area contributed by atoms with E-state index in [0.29, 0.717) is 12.3 Å². The Kier molecular flexibility index (Phi) is 6.12. The standard InChI is InChI=1S/C26H30N2O3/c1-4-13-27-25(29)18(3)31-22-11-10-19-12-14-28(26(30)20-8-9-20)24(23(19)16-22)21-7-5-6-17(2)15-21/h4-7,10-11,15-16,18,20,24H,1,8-9,12-14H2,2-3H3,(H,27,29)/t18-,24+/m1/s1. The van der Waals surface area contributed by atoms with E-state index in [-0.39, 0.29) is 23.8 Å². The van der Waals surface area contributed by atoms with Crippen LogP contribution >= 0.6 is 0 Å². The van der Waals surface area contributed by atoms with E-state index < -0.39 is 6.10 Å². The molecule has 5 nitrogen and oxygen atoms in total. The first kappa shape index (κ1) is 21.2. The van der Waals surface area contributed by atoms with Crippen molar-refractivity contribution in [3.63, 3.8) is 0 Å². The molecule has 0 radical (unpaired) electrons. The summed E-state index contributed by atoms with van der Waals surface area (Å²) in [5, 5.41) is 2.76. The summed E-state index contributed by atoms with van der Waals surface area (Å²) in [7, 11) is 0. The third-order valence-electron chi connectivity index (χ3n) is 6.02. The van der Waals surface area contributed by atoms with Gasteiger partial charge in [0.05, 0.1) is 6.04 Å². The van der Waals surface area contributed by atoms with Gasteiger partial charge in [0.2, 0.25) is 5.91 Å². The smallest absolute Gasteiger partial charge is 0.261 e. The van der Waals surface area contributed by atoms with Crippen molar-refractivity contribution in [1.29, 1.82) is 0 Å². The Bertz CT molecular complexity index is 996. The average molecular weight is 419 g/mol. The Morgan fingerprint density at radius 3 is 2.77 bits per heavy atom. The van der Waals surface area contributed by atoms with Gasteiger partial charge in [-0.1, -0.05) is 42.0 Å². The third-order valence-corrected chi connectivity index (χ3v) is 6.02. The van der Waals surface area contributed by atoms with Crippen LogP contribution in [-0.2, 0) is 16.0 Å². The van der Waals surface area contributed by atoms with Gasteiger partial charge in [-0.15, -0.1) is 6.58 Å². The van der Waals surface area contributed by atoms with Gasteiger partial charge in [0.1, 0.15) is 5.75 Å². The Hall–Kier alpha value is -3.08. The zero-order chi connectivity index (χ0) is 22.0. The largest absolute Gasteiger partial charge is 0.481 e. The highest BCUT2D eigenvalue weighted by Gasteiger charge is 2.39. The van der Waals surface area contributed by atoms with Gasteiger partial charge >= 0.3 is 0 Å². The number of hydrogen-bond donors (Lipinski definition) is 1. The summed E-state index contributed by atoms with van der Waals surface area (Å²) in [4.78, 5) is 27.4. The zero-order valence-electron chi connectivity index (χ0n) is 18.3. The maximum atomic E-state index is 13.1. The van der Waals surface area contributed by atoms with Gasteiger partial charge in [0.25, 0.3) is 5.91 Å². The lowest BCUT2D eigenvalue weighted by molar-refractivity contribution is -0.134. The molecule has 0 aromatic heterocycles. The molecule has 1 heterocycles. The van der Waals surface area contributed by atoms with Gasteiger partial charge in [-0.05, 0) is 61.9 Å². The van der Waals surface area contributed by atoms with E-state index in [4.69, 9.17) is 4.74 Å². The Morgan fingerprint density at radius 2 is 2.06 bits per heavy atom. The molecule has 5 heteroatoms. The first-order valence-corrected chi connectivity index (χ1v) is 11.0. The number of rotatable bonds is 7. The number of amides is 2. The number of carbonyl (C=O) groups excluding carboxylic acids is 2. The summed E-state index contributed by atoms with van der Waals surface area (Å²) in [6.07, 6.45) is 3.82. The van der Waals surface area contributed by atoms with E-state index in [0.717, 1.165) is 36.9 Å². The molecular formula is C26H30N2O3. The molecule has 0 spiro atoms. The zero-order valence-corrected chi connectivity index (χ0v) is 18.3. The normalized spacial score (nSPS) is 18.6. The van der Waals surface area contributed by atoms with Gasteiger partial charge in [0.15, 0.2) is 6.10 Å². The summed E-state index contributed by atoms with van der Waals surface area (Å²) in [6, 6.07) is 14.2. The molecule has 1 N–H and O–H groups in total. The van der Waals surface area contributed by atoms with Crippen LogP contribution in [0.15, 0.2) is 55.1 Å². The number of aryl methyl sites for hydroxylation is 1. The fourth-order valence-corrected chi connectivity index (χ4v) is 4.24. The highest BCUT2D eigenvalue weighted by molar-refractivity contribution is 5.82. The molecule has 1 fully saturated rings. The number of hydrogen-bond acceptors (Lipinski definition) is 3. The van der Waals surface area contributed by atoms with E-state index in [1.165, 1.54) is 11.1 Å². The van der Waals surface area contributed by atoms with E-state index in [1.54, 1.807) is 13.0 Å². The van der Waals surface area contributed by atoms with Crippen LogP contribution in [-0.4, -0.2) is 35.9 Å². The third kappa shape index (κ3) is 4.66. The number of fused-ring (bicyclic) bond motifs is 1. The minimum Gasteiger partial charge on any atom is -0.481 e. The molecule has 2 aromatic carbocycles. The van der Waals surface area contributed by atoms with Crippen LogP contribution in [0.3, 0.4) is 0 Å². The van der Waals surface area contributed by atoms with Crippen molar-refractivity contribution >= 4 is 11.8 Å². The molecule has 0 unspecified atom stereocenters. The number of nitrogens with zero attached hydrogens (tertiary/aromatic N) is 1. The van der Waals surface area contributed by atoms with Crippen LogP contribution in [0.1, 0.15) is 48.1 Å². The highest BCUT2D eigenvalue weighted by atomic mass is 16.5. The van der Waals surface area contributed by atoms with Gasteiger partial charge in [-0.25, -0.2) is 0 Å². The minimum absolute atomic E-state index is 0.134. The summed E-state index contributed by atoms with van der Waals surface area (Å²) < 4.78 is 5.95. The molecule has 162 valence electrons. The second kappa shape index (κ2) is 8.96. The number of nitrogens with one attached hydrogen (secondary N) is 1. The summed E-state index contributed by atoms with van der Waals surface area (Å²) in [6.45, 7) is 8.56. The molecule has 0 saturated heterocycles. The molecule has 1 aliphatic heterocycles. The fraction of sp³-hybridized carbons (Fsp3) is 0.385. The van der Waals surface area contributed by atoms with Crippen molar-refractivity contribution < 1.29 is 14.3 Å². The number of benzene rings is 2. The van der Waals surface area contributed by atoms with Crippen molar-refractivity contribution in [3.05, 3.63) is 77.4 Å². The number of ether oxygens (including phenoxy) is 1. The van der Waals surface area contributed by atoms with Crippen LogP contribution in [0, 0.1) is 12.8 Å². The highest BCUT2D eigenvalue weighted by Crippen LogP contribution is 2.41. The number of carbonyl (C=O) groups is 2. The lowest BCUT2D eigenvalue weighted by atomic mass is 9.87. The maximum absolute atomic E-state index is 13.1. The van der Waals surface area contributed by atoms with E-state index >= 15 is 0 Å². The molecule has 4 rings (SSSR count). The van der Waals surface area contributed by atoms with E-state index in [2.05, 4.69) is 43.1 Å². The predicted molar refractivity (Wildman–Crippen MR) is 121 cm³/mol. The van der Waals surface area contributed by atoms with Crippen molar-refractivity contribution in [2.45, 2.75) is 45.3 Å². The van der Waals surface area contributed by atoms with Gasteiger partial charge in [-0.2, -0.15) is 0 Å². The molecule has 1 saturated carbocycles. The minimum atomic E-state index is -0.622. The molecule has 2 aliphatic rings. The summed E-state index contributed by atoms with van der Waals surface area (Å²) in [5.74, 6) is 0.874. The molecule has 2 atom stereocenters. The lowest BCUT2D eigenvalue weighted by Crippen LogP contribution is -2.41. The van der Waals surface area contributed by atoms with Crippen LogP contribution < -0.4 is 10.1 Å². The molecule has 0 bridgehead atoms. The quantitative estimate of drug-likeness (QED) is 0.693. The topological polar surface area (TPSA) is 58.6 Å². The van der Waals surface area contributed by atoms with Crippen LogP contribution in [0.4, 0.5) is 0 Å². The first-order chi connectivity index (χ1) is 15.0. The Morgan fingerprint density at radius 1 is 1.26 bits per heavy atom. The van der Waals surface area contributed by atoms with Gasteiger partial charge in [-0.3, -0.25) is 9.59 Å². The van der Waals surface area contributed by atoms with Crippen LogP contribution in [0.5, 0.6) is 5.75 Å². The molecule has 1 aliphatic carbocycles. The van der Waals surface area contributed by atoms with Gasteiger partial charge in [0, 0.05) is 19.0 Å². The van der Waals surface area contributed by atoms with Crippen molar-refractivity contribution in [1.82, 2.24) is 10.2 Å². The van der Waals surface area contributed by atoms with E-state index in [1.807, 2.05) is 23.1 Å². The van der Waals surface area contributed by atoms with Crippen LogP contribution in [0.2, 0.25) is 0 Å². The molecule has 2 amide bonds.